The zero-order chi connectivity index (χ0) is 10.7. The van der Waals surface area contributed by atoms with E-state index in [9.17, 15) is 5.11 Å². The van der Waals surface area contributed by atoms with Crippen LogP contribution in [0.4, 0.5) is 0 Å². The fourth-order valence-corrected chi connectivity index (χ4v) is 2.36. The van der Waals surface area contributed by atoms with Gasteiger partial charge in [-0.25, -0.2) is 0 Å². The van der Waals surface area contributed by atoms with E-state index in [0.29, 0.717) is 5.92 Å². The first-order chi connectivity index (χ1) is 7.33. The van der Waals surface area contributed by atoms with Crippen molar-refractivity contribution in [1.29, 1.82) is 0 Å². The van der Waals surface area contributed by atoms with E-state index < -0.39 is 0 Å². The van der Waals surface area contributed by atoms with Gasteiger partial charge in [-0.05, 0) is 43.2 Å². The third-order valence-corrected chi connectivity index (χ3v) is 3.28. The lowest BCUT2D eigenvalue weighted by molar-refractivity contribution is 0.0951. The van der Waals surface area contributed by atoms with Crippen molar-refractivity contribution in [2.24, 2.45) is 5.92 Å². The van der Waals surface area contributed by atoms with E-state index >= 15 is 0 Å². The second kappa shape index (κ2) is 4.63. The average Bonchev–Trinajstić information content (AvgIpc) is 2.29. The molecular formula is C14H18O. The van der Waals surface area contributed by atoms with Crippen molar-refractivity contribution < 1.29 is 5.11 Å². The minimum Gasteiger partial charge on any atom is -0.388 e. The Morgan fingerprint density at radius 3 is 3.00 bits per heavy atom. The van der Waals surface area contributed by atoms with Crippen molar-refractivity contribution in [3.8, 4) is 0 Å². The lowest BCUT2D eigenvalue weighted by Crippen LogP contribution is -2.19. The molecule has 80 valence electrons. The van der Waals surface area contributed by atoms with Crippen molar-refractivity contribution in [3.63, 3.8) is 0 Å². The number of hydrogen-bond donors (Lipinski definition) is 1. The highest BCUT2D eigenvalue weighted by Gasteiger charge is 2.26. The Balaban J connectivity index is 2.18. The highest BCUT2D eigenvalue weighted by atomic mass is 16.3. The third-order valence-electron chi connectivity index (χ3n) is 3.28. The SMILES string of the molecule is C/C=C/C[C@H]1CCc2ccccc2[C@H]1O. The van der Waals surface area contributed by atoms with Gasteiger partial charge in [0, 0.05) is 0 Å². The van der Waals surface area contributed by atoms with Crippen LogP contribution >= 0.6 is 0 Å². The Bertz CT molecular complexity index is 354. The summed E-state index contributed by atoms with van der Waals surface area (Å²) in [6.45, 7) is 2.03. The molecule has 0 bridgehead atoms. The Labute approximate surface area is 91.4 Å². The van der Waals surface area contributed by atoms with Gasteiger partial charge in [0.15, 0.2) is 0 Å². The number of fused-ring (bicyclic) bond motifs is 1. The predicted octanol–water partition coefficient (Wildman–Crippen LogP) is 3.25. The van der Waals surface area contributed by atoms with Gasteiger partial charge in [-0.1, -0.05) is 36.4 Å². The number of allylic oxidation sites excluding steroid dienone is 2. The second-order valence-corrected chi connectivity index (χ2v) is 4.25. The summed E-state index contributed by atoms with van der Waals surface area (Å²) in [6.07, 6.45) is 7.14. The number of benzene rings is 1. The van der Waals surface area contributed by atoms with Crippen molar-refractivity contribution in [2.75, 3.05) is 0 Å². The number of hydrogen-bond acceptors (Lipinski definition) is 1. The largest absolute Gasteiger partial charge is 0.388 e. The van der Waals surface area contributed by atoms with E-state index in [-0.39, 0.29) is 6.10 Å². The van der Waals surface area contributed by atoms with Crippen LogP contribution in [0.5, 0.6) is 0 Å². The number of aliphatic hydroxyl groups is 1. The Morgan fingerprint density at radius 2 is 2.20 bits per heavy atom. The lowest BCUT2D eigenvalue weighted by atomic mass is 9.80. The fourth-order valence-electron chi connectivity index (χ4n) is 2.36. The van der Waals surface area contributed by atoms with Gasteiger partial charge < -0.3 is 5.11 Å². The second-order valence-electron chi connectivity index (χ2n) is 4.25. The maximum absolute atomic E-state index is 10.2. The molecule has 0 spiro atoms. The Morgan fingerprint density at radius 1 is 1.40 bits per heavy atom. The molecule has 0 saturated heterocycles. The summed E-state index contributed by atoms with van der Waals surface area (Å²) in [5.74, 6) is 0.399. The van der Waals surface area contributed by atoms with Gasteiger partial charge in [0.2, 0.25) is 0 Å². The van der Waals surface area contributed by atoms with Gasteiger partial charge in [0.25, 0.3) is 0 Å². The monoisotopic (exact) mass is 202 g/mol. The quantitative estimate of drug-likeness (QED) is 0.730. The maximum Gasteiger partial charge on any atom is 0.0823 e. The molecule has 1 heteroatoms. The predicted molar refractivity (Wildman–Crippen MR) is 62.6 cm³/mol. The third kappa shape index (κ3) is 2.13. The summed E-state index contributed by atoms with van der Waals surface area (Å²) in [4.78, 5) is 0. The van der Waals surface area contributed by atoms with E-state index in [0.717, 1.165) is 24.8 Å². The molecule has 2 rings (SSSR count). The first-order valence-corrected chi connectivity index (χ1v) is 5.70. The van der Waals surface area contributed by atoms with Crippen LogP contribution in [0.1, 0.15) is 37.0 Å². The summed E-state index contributed by atoms with van der Waals surface area (Å²) in [5.41, 5.74) is 2.46. The van der Waals surface area contributed by atoms with E-state index in [4.69, 9.17) is 0 Å². The van der Waals surface area contributed by atoms with Gasteiger partial charge in [-0.15, -0.1) is 0 Å². The molecule has 1 N–H and O–H groups in total. The first kappa shape index (κ1) is 10.4. The summed E-state index contributed by atoms with van der Waals surface area (Å²) in [7, 11) is 0. The normalized spacial score (nSPS) is 25.5. The molecule has 1 aliphatic carbocycles. The summed E-state index contributed by atoms with van der Waals surface area (Å²) < 4.78 is 0. The maximum atomic E-state index is 10.2. The van der Waals surface area contributed by atoms with Crippen molar-refractivity contribution in [2.45, 2.75) is 32.3 Å². The molecule has 15 heavy (non-hydrogen) atoms. The highest BCUT2D eigenvalue weighted by molar-refractivity contribution is 5.31. The Hall–Kier alpha value is -1.08. The lowest BCUT2D eigenvalue weighted by Gasteiger charge is -2.29. The molecule has 0 fully saturated rings. The van der Waals surface area contributed by atoms with Crippen LogP contribution in [-0.2, 0) is 6.42 Å². The number of aliphatic hydroxyl groups excluding tert-OH is 1. The van der Waals surface area contributed by atoms with Crippen LogP contribution in [0, 0.1) is 5.92 Å². The van der Waals surface area contributed by atoms with Crippen molar-refractivity contribution in [1.82, 2.24) is 0 Å². The first-order valence-electron chi connectivity index (χ1n) is 5.70. The molecule has 1 aliphatic rings. The molecule has 0 saturated carbocycles. The molecule has 0 aromatic heterocycles. The molecule has 2 atom stereocenters. The zero-order valence-corrected chi connectivity index (χ0v) is 9.19. The zero-order valence-electron chi connectivity index (χ0n) is 9.19. The number of aryl methyl sites for hydroxylation is 1. The number of rotatable bonds is 2. The summed E-state index contributed by atoms with van der Waals surface area (Å²) in [6, 6.07) is 8.25. The van der Waals surface area contributed by atoms with Gasteiger partial charge in [0.1, 0.15) is 0 Å². The molecule has 1 nitrogen and oxygen atoms in total. The van der Waals surface area contributed by atoms with Gasteiger partial charge in [-0.3, -0.25) is 0 Å². The van der Waals surface area contributed by atoms with Crippen LogP contribution in [0.3, 0.4) is 0 Å². The molecule has 0 radical (unpaired) electrons. The van der Waals surface area contributed by atoms with Crippen LogP contribution < -0.4 is 0 Å². The van der Waals surface area contributed by atoms with E-state index in [2.05, 4.69) is 30.4 Å². The molecule has 1 aromatic rings. The topological polar surface area (TPSA) is 20.2 Å². The van der Waals surface area contributed by atoms with Crippen molar-refractivity contribution >= 4 is 0 Å². The molecule has 0 aliphatic heterocycles. The van der Waals surface area contributed by atoms with Gasteiger partial charge in [0.05, 0.1) is 6.10 Å². The molecular weight excluding hydrogens is 184 g/mol. The standard InChI is InChI=1S/C14H18O/c1-2-3-6-12-10-9-11-7-4-5-8-13(11)14(12)15/h2-5,7-8,12,14-15H,6,9-10H2,1H3/b3-2+/t12-,14-/m0/s1. The van der Waals surface area contributed by atoms with Crippen LogP contribution in [0.15, 0.2) is 36.4 Å². The van der Waals surface area contributed by atoms with Crippen molar-refractivity contribution in [3.05, 3.63) is 47.5 Å². The minimum atomic E-state index is -0.272. The molecule has 0 heterocycles. The summed E-state index contributed by atoms with van der Waals surface area (Å²) in [5, 5.41) is 10.2. The van der Waals surface area contributed by atoms with Crippen LogP contribution in [0.25, 0.3) is 0 Å². The van der Waals surface area contributed by atoms with Gasteiger partial charge in [-0.2, -0.15) is 0 Å². The van der Waals surface area contributed by atoms with Crippen LogP contribution in [-0.4, -0.2) is 5.11 Å². The van der Waals surface area contributed by atoms with Crippen LogP contribution in [0.2, 0.25) is 0 Å². The smallest absolute Gasteiger partial charge is 0.0823 e. The highest BCUT2D eigenvalue weighted by Crippen LogP contribution is 2.36. The summed E-state index contributed by atoms with van der Waals surface area (Å²) >= 11 is 0. The Kier molecular flexibility index (Phi) is 3.22. The minimum absolute atomic E-state index is 0.272. The molecule has 0 unspecified atom stereocenters. The van der Waals surface area contributed by atoms with E-state index in [1.807, 2.05) is 13.0 Å². The van der Waals surface area contributed by atoms with Gasteiger partial charge >= 0.3 is 0 Å². The van der Waals surface area contributed by atoms with E-state index in [1.165, 1.54) is 5.56 Å². The fraction of sp³-hybridized carbons (Fsp3) is 0.429. The molecule has 1 aromatic carbocycles. The average molecular weight is 202 g/mol. The van der Waals surface area contributed by atoms with E-state index in [1.54, 1.807) is 0 Å². The molecule has 0 amide bonds.